The Bertz CT molecular complexity index is 973. The van der Waals surface area contributed by atoms with Crippen LogP contribution < -0.4 is 10.1 Å². The van der Waals surface area contributed by atoms with Gasteiger partial charge in [0.05, 0.1) is 23.7 Å². The highest BCUT2D eigenvalue weighted by atomic mass is 16.5. The van der Waals surface area contributed by atoms with Crippen molar-refractivity contribution in [1.82, 2.24) is 14.9 Å². The highest BCUT2D eigenvalue weighted by molar-refractivity contribution is 5.81. The quantitative estimate of drug-likeness (QED) is 0.540. The number of para-hydroxylation sites is 2. The van der Waals surface area contributed by atoms with Gasteiger partial charge in [-0.25, -0.2) is 4.98 Å². The van der Waals surface area contributed by atoms with Gasteiger partial charge >= 0.3 is 0 Å². The summed E-state index contributed by atoms with van der Waals surface area (Å²) in [6.45, 7) is 5.60. The third kappa shape index (κ3) is 4.61. The Balaban J connectivity index is 1.42. The zero-order valence-electron chi connectivity index (χ0n) is 17.2. The summed E-state index contributed by atoms with van der Waals surface area (Å²) >= 11 is 0. The fourth-order valence-corrected chi connectivity index (χ4v) is 3.64. The highest BCUT2D eigenvalue weighted by Gasteiger charge is 2.31. The maximum Gasteiger partial charge on any atom is 0.223 e. The Morgan fingerprint density at radius 2 is 1.97 bits per heavy atom. The highest BCUT2D eigenvalue weighted by Crippen LogP contribution is 2.30. The second-order valence-electron chi connectivity index (χ2n) is 7.81. The number of nitrogens with one attached hydrogen (secondary N) is 1. The summed E-state index contributed by atoms with van der Waals surface area (Å²) in [5.74, 6) is 2.16. The minimum absolute atomic E-state index is 0.113. The lowest BCUT2D eigenvalue weighted by atomic mass is 10.2. The molecule has 1 aliphatic carbocycles. The van der Waals surface area contributed by atoms with Crippen LogP contribution in [0.3, 0.4) is 0 Å². The van der Waals surface area contributed by atoms with Gasteiger partial charge in [-0.1, -0.05) is 31.2 Å². The third-order valence-corrected chi connectivity index (χ3v) is 5.50. The molecule has 2 aromatic carbocycles. The number of hydrogen-bond acceptors (Lipinski definition) is 3. The zero-order chi connectivity index (χ0) is 20.2. The van der Waals surface area contributed by atoms with Crippen molar-refractivity contribution < 1.29 is 9.53 Å². The number of carbonyl (C=O) groups is 1. The Morgan fingerprint density at radius 3 is 2.69 bits per heavy atom. The van der Waals surface area contributed by atoms with E-state index in [1.807, 2.05) is 37.3 Å². The van der Waals surface area contributed by atoms with Crippen LogP contribution in [0, 0.1) is 5.92 Å². The van der Waals surface area contributed by atoms with E-state index in [2.05, 4.69) is 35.0 Å². The van der Waals surface area contributed by atoms with Gasteiger partial charge in [-0.05, 0) is 62.4 Å². The molecular formula is C24H29N3O2. The van der Waals surface area contributed by atoms with Crippen LogP contribution in [0.25, 0.3) is 11.0 Å². The number of aryl methyl sites for hydroxylation is 2. The molecule has 1 aromatic heterocycles. The summed E-state index contributed by atoms with van der Waals surface area (Å²) in [4.78, 5) is 17.0. The molecule has 0 spiro atoms. The number of rotatable bonds is 9. The fourth-order valence-electron chi connectivity index (χ4n) is 3.64. The zero-order valence-corrected chi connectivity index (χ0v) is 17.2. The molecule has 4 rings (SSSR count). The minimum atomic E-state index is -0.113. The molecule has 0 aliphatic heterocycles. The van der Waals surface area contributed by atoms with E-state index < -0.39 is 0 Å². The molecule has 0 bridgehead atoms. The summed E-state index contributed by atoms with van der Waals surface area (Å²) in [5, 5.41) is 3.13. The number of fused-ring (bicyclic) bond motifs is 1. The van der Waals surface area contributed by atoms with E-state index in [1.165, 1.54) is 5.56 Å². The summed E-state index contributed by atoms with van der Waals surface area (Å²) in [6, 6.07) is 16.3. The predicted molar refractivity (Wildman–Crippen MR) is 115 cm³/mol. The van der Waals surface area contributed by atoms with Crippen LogP contribution >= 0.6 is 0 Å². The van der Waals surface area contributed by atoms with Gasteiger partial charge in [-0.15, -0.1) is 0 Å². The molecule has 1 fully saturated rings. The average Bonchev–Trinajstić information content (AvgIpc) is 3.53. The SMILES string of the molecule is CCc1ccc(OCCCn2c(C(C)NC(=O)C3CC3)nc3ccccc32)cc1. The van der Waals surface area contributed by atoms with Gasteiger partial charge in [0.1, 0.15) is 11.6 Å². The average molecular weight is 392 g/mol. The van der Waals surface area contributed by atoms with Gasteiger partial charge in [-0.3, -0.25) is 4.79 Å². The molecule has 0 radical (unpaired) electrons. The summed E-state index contributed by atoms with van der Waals surface area (Å²) in [5.41, 5.74) is 3.38. The van der Waals surface area contributed by atoms with E-state index in [-0.39, 0.29) is 17.9 Å². The third-order valence-electron chi connectivity index (χ3n) is 5.50. The topological polar surface area (TPSA) is 56.1 Å². The fraction of sp³-hybridized carbons (Fsp3) is 0.417. The monoisotopic (exact) mass is 391 g/mol. The molecule has 1 saturated carbocycles. The summed E-state index contributed by atoms with van der Waals surface area (Å²) in [6.07, 6.45) is 3.91. The van der Waals surface area contributed by atoms with Crippen LogP contribution in [-0.2, 0) is 17.8 Å². The van der Waals surface area contributed by atoms with Gasteiger partial charge in [-0.2, -0.15) is 0 Å². The summed E-state index contributed by atoms with van der Waals surface area (Å²) in [7, 11) is 0. The van der Waals surface area contributed by atoms with Gasteiger partial charge in [0.25, 0.3) is 0 Å². The largest absolute Gasteiger partial charge is 0.494 e. The van der Waals surface area contributed by atoms with Crippen molar-refractivity contribution in [2.45, 2.75) is 52.1 Å². The van der Waals surface area contributed by atoms with E-state index in [0.29, 0.717) is 6.61 Å². The van der Waals surface area contributed by atoms with Crippen molar-refractivity contribution in [2.75, 3.05) is 6.61 Å². The minimum Gasteiger partial charge on any atom is -0.494 e. The molecule has 29 heavy (non-hydrogen) atoms. The second-order valence-corrected chi connectivity index (χ2v) is 7.81. The molecule has 1 amide bonds. The number of amides is 1. The number of nitrogens with zero attached hydrogens (tertiary/aromatic N) is 2. The molecule has 1 atom stereocenters. The maximum absolute atomic E-state index is 12.2. The second kappa shape index (κ2) is 8.68. The first kappa shape index (κ1) is 19.5. The Labute approximate surface area is 172 Å². The first-order valence-electron chi connectivity index (χ1n) is 10.6. The van der Waals surface area contributed by atoms with Crippen LogP contribution in [0.15, 0.2) is 48.5 Å². The molecule has 1 N–H and O–H groups in total. The molecule has 152 valence electrons. The van der Waals surface area contributed by atoms with Crippen molar-refractivity contribution in [1.29, 1.82) is 0 Å². The van der Waals surface area contributed by atoms with Crippen molar-refractivity contribution in [3.63, 3.8) is 0 Å². The number of imidazole rings is 1. The first-order valence-corrected chi connectivity index (χ1v) is 10.6. The van der Waals surface area contributed by atoms with E-state index in [0.717, 1.165) is 54.8 Å². The number of ether oxygens (including phenoxy) is 1. The van der Waals surface area contributed by atoms with Crippen molar-refractivity contribution in [2.24, 2.45) is 5.92 Å². The van der Waals surface area contributed by atoms with Gasteiger partial charge in [0, 0.05) is 12.5 Å². The van der Waals surface area contributed by atoms with Crippen molar-refractivity contribution >= 4 is 16.9 Å². The number of hydrogen-bond donors (Lipinski definition) is 1. The molecular weight excluding hydrogens is 362 g/mol. The van der Waals surface area contributed by atoms with E-state index >= 15 is 0 Å². The Hall–Kier alpha value is -2.82. The molecule has 1 unspecified atom stereocenters. The Kier molecular flexibility index (Phi) is 5.84. The lowest BCUT2D eigenvalue weighted by Gasteiger charge is -2.16. The number of benzene rings is 2. The molecule has 5 nitrogen and oxygen atoms in total. The normalized spacial score (nSPS) is 14.7. The molecule has 3 aromatic rings. The molecule has 1 heterocycles. The molecule has 0 saturated heterocycles. The lowest BCUT2D eigenvalue weighted by Crippen LogP contribution is -2.30. The predicted octanol–water partition coefficient (Wildman–Crippen LogP) is 4.66. The van der Waals surface area contributed by atoms with Gasteiger partial charge < -0.3 is 14.6 Å². The van der Waals surface area contributed by atoms with Gasteiger partial charge in [0.15, 0.2) is 0 Å². The molecule has 1 aliphatic rings. The first-order chi connectivity index (χ1) is 14.2. The van der Waals surface area contributed by atoms with Crippen LogP contribution in [0.5, 0.6) is 5.75 Å². The van der Waals surface area contributed by atoms with E-state index in [9.17, 15) is 4.79 Å². The summed E-state index contributed by atoms with van der Waals surface area (Å²) < 4.78 is 8.14. The lowest BCUT2D eigenvalue weighted by molar-refractivity contribution is -0.123. The van der Waals surface area contributed by atoms with E-state index in [4.69, 9.17) is 9.72 Å². The van der Waals surface area contributed by atoms with Crippen molar-refractivity contribution in [3.8, 4) is 5.75 Å². The maximum atomic E-state index is 12.2. The van der Waals surface area contributed by atoms with Crippen LogP contribution in [0.1, 0.15) is 50.5 Å². The van der Waals surface area contributed by atoms with Gasteiger partial charge in [0.2, 0.25) is 5.91 Å². The van der Waals surface area contributed by atoms with Crippen LogP contribution in [0.4, 0.5) is 0 Å². The number of carbonyl (C=O) groups excluding carboxylic acids is 1. The Morgan fingerprint density at radius 1 is 1.21 bits per heavy atom. The molecule has 5 heteroatoms. The van der Waals surface area contributed by atoms with E-state index in [1.54, 1.807) is 0 Å². The van der Waals surface area contributed by atoms with Crippen LogP contribution in [0.2, 0.25) is 0 Å². The van der Waals surface area contributed by atoms with Crippen LogP contribution in [-0.4, -0.2) is 22.1 Å². The number of aromatic nitrogens is 2. The van der Waals surface area contributed by atoms with Crippen molar-refractivity contribution in [3.05, 3.63) is 59.9 Å². The smallest absolute Gasteiger partial charge is 0.223 e. The standard InChI is InChI=1S/C24H29N3O2/c1-3-18-9-13-20(14-10-18)29-16-6-15-27-22-8-5-4-7-21(22)26-23(27)17(2)25-24(28)19-11-12-19/h4-5,7-10,13-14,17,19H,3,6,11-12,15-16H2,1-2H3,(H,25,28).